The van der Waals surface area contributed by atoms with Crippen LogP contribution in [0.2, 0.25) is 0 Å². The molecule has 0 aliphatic heterocycles. The highest BCUT2D eigenvalue weighted by molar-refractivity contribution is 9.14. The summed E-state index contributed by atoms with van der Waals surface area (Å²) in [6.45, 7) is 5.60. The summed E-state index contributed by atoms with van der Waals surface area (Å²) in [5.41, 5.74) is -0.443. The van der Waals surface area contributed by atoms with Gasteiger partial charge in [-0.25, -0.2) is 4.79 Å². The van der Waals surface area contributed by atoms with Crippen LogP contribution in [-0.4, -0.2) is 25.0 Å². The molecule has 1 aromatic rings. The predicted octanol–water partition coefficient (Wildman–Crippen LogP) is 4.35. The molecule has 1 N–H and O–H groups in total. The molecule has 0 unspecified atom stereocenters. The molecule has 4 nitrogen and oxygen atoms in total. The Bertz CT molecular complexity index is 537. The van der Waals surface area contributed by atoms with E-state index in [9.17, 15) is 9.59 Å². The molecule has 20 heavy (non-hydrogen) atoms. The molecule has 1 rings (SSSR count). The third-order valence-corrected chi connectivity index (χ3v) is 7.57. The van der Waals surface area contributed by atoms with Crippen molar-refractivity contribution in [3.05, 3.63) is 17.6 Å². The minimum atomic E-state index is -0.716. The summed E-state index contributed by atoms with van der Waals surface area (Å²) in [5.74, 6) is -0.782. The third kappa shape index (κ3) is 4.05. The van der Waals surface area contributed by atoms with Crippen molar-refractivity contribution in [2.75, 3.05) is 7.11 Å². The molecule has 112 valence electrons. The van der Waals surface area contributed by atoms with E-state index < -0.39 is 17.4 Å². The van der Waals surface area contributed by atoms with Gasteiger partial charge in [0.05, 0.1) is 19.8 Å². The smallest absolute Gasteiger partial charge is 0.328 e. The summed E-state index contributed by atoms with van der Waals surface area (Å²) in [4.78, 5) is 24.6. The number of carbonyl (C=O) groups excluding carboxylic acids is 2. The zero-order valence-corrected chi connectivity index (χ0v) is 16.9. The lowest BCUT2D eigenvalue weighted by Crippen LogP contribution is -2.49. The van der Waals surface area contributed by atoms with E-state index in [-0.39, 0.29) is 5.91 Å². The molecular formula is C12H14Br3NO3S. The van der Waals surface area contributed by atoms with Gasteiger partial charge in [-0.2, -0.15) is 0 Å². The van der Waals surface area contributed by atoms with E-state index in [2.05, 4.69) is 53.1 Å². The van der Waals surface area contributed by atoms with Gasteiger partial charge in [0.15, 0.2) is 0 Å². The maximum Gasteiger partial charge on any atom is 0.328 e. The lowest BCUT2D eigenvalue weighted by Gasteiger charge is -2.28. The number of carbonyl (C=O) groups is 2. The maximum absolute atomic E-state index is 12.3. The zero-order chi connectivity index (χ0) is 15.7. The van der Waals surface area contributed by atoms with Crippen LogP contribution in [0.25, 0.3) is 0 Å². The summed E-state index contributed by atoms with van der Waals surface area (Å²) in [6.07, 6.45) is 0. The van der Waals surface area contributed by atoms with E-state index in [1.54, 1.807) is 0 Å². The van der Waals surface area contributed by atoms with Crippen molar-refractivity contribution in [2.45, 2.75) is 26.8 Å². The average molecular weight is 492 g/mol. The Morgan fingerprint density at radius 1 is 1.20 bits per heavy atom. The first kappa shape index (κ1) is 18.1. The van der Waals surface area contributed by atoms with Gasteiger partial charge in [0.25, 0.3) is 5.91 Å². The van der Waals surface area contributed by atoms with Crippen molar-refractivity contribution in [3.63, 3.8) is 0 Å². The Kier molecular flexibility index (Phi) is 6.25. The summed E-state index contributed by atoms with van der Waals surface area (Å²) in [7, 11) is 1.31. The highest BCUT2D eigenvalue weighted by atomic mass is 79.9. The SMILES string of the molecule is COC(=O)[C@@H](NC(=O)c1sc(Br)c(Br)c1Br)C(C)(C)C. The fourth-order valence-electron chi connectivity index (χ4n) is 1.45. The minimum absolute atomic E-state index is 0.321. The molecule has 0 aliphatic rings. The lowest BCUT2D eigenvalue weighted by atomic mass is 9.86. The van der Waals surface area contributed by atoms with Gasteiger partial charge in [-0.05, 0) is 53.2 Å². The first-order chi connectivity index (χ1) is 9.09. The first-order valence-corrected chi connectivity index (χ1v) is 8.81. The van der Waals surface area contributed by atoms with Gasteiger partial charge in [-0.1, -0.05) is 20.8 Å². The number of halogens is 3. The number of nitrogens with one attached hydrogen (secondary N) is 1. The highest BCUT2D eigenvalue weighted by Crippen LogP contribution is 2.41. The zero-order valence-electron chi connectivity index (χ0n) is 11.3. The molecular weight excluding hydrogens is 478 g/mol. The second-order valence-electron chi connectivity index (χ2n) is 5.13. The van der Waals surface area contributed by atoms with Crippen molar-refractivity contribution in [1.29, 1.82) is 0 Å². The van der Waals surface area contributed by atoms with E-state index in [1.165, 1.54) is 18.4 Å². The number of hydrogen-bond donors (Lipinski definition) is 1. The van der Waals surface area contributed by atoms with Gasteiger partial charge < -0.3 is 10.1 Å². The Morgan fingerprint density at radius 3 is 2.10 bits per heavy atom. The Balaban J connectivity index is 3.03. The standard InChI is InChI=1S/C12H14Br3NO3S/c1-12(2,3)8(11(18)19-4)16-10(17)7-5(13)6(14)9(15)20-7/h8H,1-4H3,(H,16,17)/t8-/m1/s1. The number of rotatable bonds is 3. The highest BCUT2D eigenvalue weighted by Gasteiger charge is 2.34. The van der Waals surface area contributed by atoms with E-state index in [1.807, 2.05) is 20.8 Å². The molecule has 1 atom stereocenters. The molecule has 0 fully saturated rings. The molecule has 0 bridgehead atoms. The number of esters is 1. The van der Waals surface area contributed by atoms with E-state index in [4.69, 9.17) is 4.74 Å². The van der Waals surface area contributed by atoms with Crippen LogP contribution in [0.4, 0.5) is 0 Å². The fraction of sp³-hybridized carbons (Fsp3) is 0.500. The number of ether oxygens (including phenoxy) is 1. The summed E-state index contributed by atoms with van der Waals surface area (Å²) >= 11 is 11.3. The van der Waals surface area contributed by atoms with Gasteiger partial charge in [-0.15, -0.1) is 11.3 Å². The van der Waals surface area contributed by atoms with Crippen LogP contribution >= 0.6 is 59.1 Å². The molecule has 0 radical (unpaired) electrons. The lowest BCUT2D eigenvalue weighted by molar-refractivity contribution is -0.145. The average Bonchev–Trinajstić information content (AvgIpc) is 2.61. The van der Waals surface area contributed by atoms with Crippen LogP contribution in [0.15, 0.2) is 12.7 Å². The van der Waals surface area contributed by atoms with Crippen molar-refractivity contribution in [1.82, 2.24) is 5.32 Å². The van der Waals surface area contributed by atoms with Crippen LogP contribution < -0.4 is 5.32 Å². The minimum Gasteiger partial charge on any atom is -0.467 e. The normalized spacial score (nSPS) is 12.9. The second-order valence-corrected chi connectivity index (χ2v) is 9.05. The van der Waals surface area contributed by atoms with Crippen molar-refractivity contribution in [2.24, 2.45) is 5.41 Å². The third-order valence-electron chi connectivity index (χ3n) is 2.54. The van der Waals surface area contributed by atoms with Gasteiger partial charge in [0.1, 0.15) is 10.9 Å². The quantitative estimate of drug-likeness (QED) is 0.639. The van der Waals surface area contributed by atoms with Crippen LogP contribution in [0.1, 0.15) is 30.4 Å². The second kappa shape index (κ2) is 6.89. The molecule has 8 heteroatoms. The van der Waals surface area contributed by atoms with E-state index in [0.29, 0.717) is 9.35 Å². The molecule has 0 aliphatic carbocycles. The molecule has 0 spiro atoms. The molecule has 0 saturated carbocycles. The van der Waals surface area contributed by atoms with E-state index in [0.717, 1.165) is 8.26 Å². The summed E-state index contributed by atoms with van der Waals surface area (Å²) < 4.78 is 6.99. The molecule has 1 amide bonds. The van der Waals surface area contributed by atoms with Crippen LogP contribution in [0.3, 0.4) is 0 Å². The van der Waals surface area contributed by atoms with Gasteiger partial charge in [0.2, 0.25) is 0 Å². The summed E-state index contributed by atoms with van der Waals surface area (Å²) in [5, 5.41) is 2.73. The maximum atomic E-state index is 12.3. The Labute approximate surface area is 147 Å². The topological polar surface area (TPSA) is 55.4 Å². The summed E-state index contributed by atoms with van der Waals surface area (Å²) in [6, 6.07) is -0.716. The molecule has 1 heterocycles. The van der Waals surface area contributed by atoms with Crippen LogP contribution in [0.5, 0.6) is 0 Å². The largest absolute Gasteiger partial charge is 0.467 e. The van der Waals surface area contributed by atoms with Crippen LogP contribution in [0, 0.1) is 5.41 Å². The van der Waals surface area contributed by atoms with Gasteiger partial charge >= 0.3 is 5.97 Å². The van der Waals surface area contributed by atoms with Crippen molar-refractivity contribution < 1.29 is 14.3 Å². The molecule has 0 aromatic carbocycles. The Morgan fingerprint density at radius 2 is 1.75 bits per heavy atom. The number of amides is 1. The molecule has 0 saturated heterocycles. The van der Waals surface area contributed by atoms with Crippen molar-refractivity contribution >= 4 is 71.0 Å². The van der Waals surface area contributed by atoms with E-state index >= 15 is 0 Å². The van der Waals surface area contributed by atoms with Crippen LogP contribution in [-0.2, 0) is 9.53 Å². The predicted molar refractivity (Wildman–Crippen MR) is 90.1 cm³/mol. The first-order valence-electron chi connectivity index (χ1n) is 5.61. The monoisotopic (exact) mass is 489 g/mol. The fourth-order valence-corrected chi connectivity index (χ4v) is 4.44. The molecule has 1 aromatic heterocycles. The number of hydrogen-bond acceptors (Lipinski definition) is 4. The number of methoxy groups -OCH3 is 1. The van der Waals surface area contributed by atoms with Gasteiger partial charge in [-0.3, -0.25) is 4.79 Å². The number of thiophene rings is 1. The van der Waals surface area contributed by atoms with Crippen molar-refractivity contribution in [3.8, 4) is 0 Å². The van der Waals surface area contributed by atoms with Gasteiger partial charge in [0, 0.05) is 0 Å². The Hall–Kier alpha value is 0.0800.